The lowest BCUT2D eigenvalue weighted by atomic mass is 9.94. The normalized spacial score (nSPS) is 11.3. The van der Waals surface area contributed by atoms with Gasteiger partial charge in [-0.2, -0.15) is 0 Å². The van der Waals surface area contributed by atoms with Gasteiger partial charge in [0.05, 0.1) is 12.2 Å². The van der Waals surface area contributed by atoms with Crippen molar-refractivity contribution in [1.82, 2.24) is 10.2 Å². The maximum Gasteiger partial charge on any atom is 0.307 e. The van der Waals surface area contributed by atoms with Crippen molar-refractivity contribution in [2.24, 2.45) is 0 Å². The molecule has 2 aromatic carbocycles. The fraction of sp³-hybridized carbons (Fsp3) is 0.167. The molecule has 28 heavy (non-hydrogen) atoms. The predicted molar refractivity (Wildman–Crippen MR) is 105 cm³/mol. The van der Waals surface area contributed by atoms with Gasteiger partial charge in [0.25, 0.3) is 0 Å². The van der Waals surface area contributed by atoms with E-state index < -0.39 is 15.8 Å². The molecule has 0 aliphatic heterocycles. The molecule has 7 nitrogen and oxygen atoms in total. The molecule has 1 N–H and O–H groups in total. The maximum atomic E-state index is 12.7. The Balaban J connectivity index is 1.90. The maximum absolute atomic E-state index is 12.7. The average molecular weight is 414 g/mol. The standard InChI is InChI=1S/C18H15BN2O5S2/c1-11-20-21-18(27-11)28(24,25)10-13-9-14(19)5-6-16(13)26-15-4-2-3-12(7-15)8-17(22)23/h2-7,9H,8,10H2,1H3,(H,22,23). The summed E-state index contributed by atoms with van der Waals surface area (Å²) in [4.78, 5) is 10.9. The van der Waals surface area contributed by atoms with Gasteiger partial charge in [0, 0.05) is 5.56 Å². The highest BCUT2D eigenvalue weighted by molar-refractivity contribution is 7.92. The second-order valence-corrected chi connectivity index (χ2v) is 9.38. The van der Waals surface area contributed by atoms with Crippen molar-refractivity contribution < 1.29 is 23.1 Å². The van der Waals surface area contributed by atoms with Crippen LogP contribution in [-0.2, 0) is 26.8 Å². The Labute approximate surface area is 167 Å². The number of ether oxygens (including phenoxy) is 1. The average Bonchev–Trinajstić information content (AvgIpc) is 3.04. The minimum Gasteiger partial charge on any atom is -0.481 e. The van der Waals surface area contributed by atoms with Crippen LogP contribution >= 0.6 is 11.3 Å². The van der Waals surface area contributed by atoms with E-state index in [1.54, 1.807) is 43.3 Å². The Hall–Kier alpha value is -2.72. The summed E-state index contributed by atoms with van der Waals surface area (Å²) in [5.74, 6) is -0.596. The first-order chi connectivity index (χ1) is 13.2. The number of rotatable bonds is 7. The fourth-order valence-corrected chi connectivity index (χ4v) is 4.89. The summed E-state index contributed by atoms with van der Waals surface area (Å²) in [5.41, 5.74) is 1.33. The van der Waals surface area contributed by atoms with Crippen LogP contribution in [-0.4, -0.2) is 37.5 Å². The van der Waals surface area contributed by atoms with Crippen LogP contribution in [0.5, 0.6) is 11.5 Å². The lowest BCUT2D eigenvalue weighted by molar-refractivity contribution is -0.136. The minimum atomic E-state index is -3.72. The highest BCUT2D eigenvalue weighted by atomic mass is 32.2. The predicted octanol–water partition coefficient (Wildman–Crippen LogP) is 2.03. The highest BCUT2D eigenvalue weighted by Gasteiger charge is 2.22. The molecule has 142 valence electrons. The van der Waals surface area contributed by atoms with Gasteiger partial charge < -0.3 is 9.84 Å². The van der Waals surface area contributed by atoms with Gasteiger partial charge in [0.1, 0.15) is 24.4 Å². The third-order valence-electron chi connectivity index (χ3n) is 3.69. The van der Waals surface area contributed by atoms with Gasteiger partial charge in [-0.15, -0.1) is 10.2 Å². The van der Waals surface area contributed by atoms with Gasteiger partial charge in [-0.05, 0) is 30.7 Å². The zero-order chi connectivity index (χ0) is 20.3. The van der Waals surface area contributed by atoms with Crippen LogP contribution in [0.3, 0.4) is 0 Å². The molecule has 0 aliphatic rings. The Kier molecular flexibility index (Phi) is 5.80. The highest BCUT2D eigenvalue weighted by Crippen LogP contribution is 2.29. The lowest BCUT2D eigenvalue weighted by Crippen LogP contribution is -2.10. The van der Waals surface area contributed by atoms with Crippen molar-refractivity contribution >= 4 is 40.5 Å². The SMILES string of the molecule is [B]c1ccc(Oc2cccc(CC(=O)O)c2)c(CS(=O)(=O)c2nnc(C)s2)c1. The zero-order valence-corrected chi connectivity index (χ0v) is 16.5. The fourth-order valence-electron chi connectivity index (χ4n) is 2.50. The van der Waals surface area contributed by atoms with Crippen molar-refractivity contribution in [2.45, 2.75) is 23.4 Å². The van der Waals surface area contributed by atoms with E-state index in [1.165, 1.54) is 6.07 Å². The van der Waals surface area contributed by atoms with Crippen molar-refractivity contribution in [1.29, 1.82) is 0 Å². The van der Waals surface area contributed by atoms with Crippen LogP contribution in [0.25, 0.3) is 0 Å². The second kappa shape index (κ2) is 8.11. The molecule has 1 heterocycles. The minimum absolute atomic E-state index is 0.0677. The van der Waals surface area contributed by atoms with Crippen LogP contribution in [0, 0.1) is 6.92 Å². The quantitative estimate of drug-likeness (QED) is 0.590. The molecular formula is C18H15BN2O5S2. The third-order valence-corrected chi connectivity index (χ3v) is 6.64. The van der Waals surface area contributed by atoms with Crippen molar-refractivity contribution in [3.63, 3.8) is 0 Å². The van der Waals surface area contributed by atoms with E-state index in [4.69, 9.17) is 17.7 Å². The van der Waals surface area contributed by atoms with Gasteiger partial charge in [-0.25, -0.2) is 8.42 Å². The number of aryl methyl sites for hydroxylation is 1. The lowest BCUT2D eigenvalue weighted by Gasteiger charge is -2.13. The molecule has 1 aromatic heterocycles. The molecule has 0 spiro atoms. The first-order valence-corrected chi connectivity index (χ1v) is 10.6. The summed E-state index contributed by atoms with van der Waals surface area (Å²) in [6.45, 7) is 1.68. The number of carboxylic acid groups (broad SMARTS) is 1. The number of aliphatic carboxylic acids is 1. The van der Waals surface area contributed by atoms with Gasteiger partial charge >= 0.3 is 5.97 Å². The molecule has 0 fully saturated rings. The van der Waals surface area contributed by atoms with Crippen LogP contribution in [0.1, 0.15) is 16.1 Å². The van der Waals surface area contributed by atoms with Crippen LogP contribution in [0.2, 0.25) is 0 Å². The van der Waals surface area contributed by atoms with Crippen molar-refractivity contribution in [2.75, 3.05) is 0 Å². The molecule has 0 amide bonds. The first kappa shape index (κ1) is 20.0. The number of sulfone groups is 1. The molecule has 0 aliphatic carbocycles. The molecule has 10 heteroatoms. The molecule has 0 unspecified atom stereocenters. The van der Waals surface area contributed by atoms with Crippen LogP contribution in [0.15, 0.2) is 46.8 Å². The van der Waals surface area contributed by atoms with Gasteiger partial charge in [-0.1, -0.05) is 41.1 Å². The van der Waals surface area contributed by atoms with Gasteiger partial charge in [0.2, 0.25) is 14.2 Å². The number of carbonyl (C=O) groups is 1. The molecule has 0 bridgehead atoms. The number of nitrogens with zero attached hydrogens (tertiary/aromatic N) is 2. The van der Waals surface area contributed by atoms with E-state index in [0.717, 1.165) is 11.3 Å². The molecule has 0 saturated heterocycles. The molecule has 3 rings (SSSR count). The first-order valence-electron chi connectivity index (χ1n) is 8.13. The van der Waals surface area contributed by atoms with E-state index in [-0.39, 0.29) is 16.5 Å². The van der Waals surface area contributed by atoms with Crippen LogP contribution < -0.4 is 10.2 Å². The Morgan fingerprint density at radius 3 is 2.68 bits per heavy atom. The van der Waals surface area contributed by atoms with E-state index in [1.807, 2.05) is 0 Å². The van der Waals surface area contributed by atoms with Crippen molar-refractivity contribution in [3.8, 4) is 11.5 Å². The number of hydrogen-bond acceptors (Lipinski definition) is 7. The number of aromatic nitrogens is 2. The number of carboxylic acids is 1. The summed E-state index contributed by atoms with van der Waals surface area (Å²) in [5, 5.41) is 16.9. The number of benzene rings is 2. The van der Waals surface area contributed by atoms with E-state index in [0.29, 0.717) is 33.1 Å². The van der Waals surface area contributed by atoms with E-state index in [9.17, 15) is 13.2 Å². The smallest absolute Gasteiger partial charge is 0.307 e. The third kappa shape index (κ3) is 4.96. The molecule has 2 radical (unpaired) electrons. The van der Waals surface area contributed by atoms with E-state index >= 15 is 0 Å². The van der Waals surface area contributed by atoms with Gasteiger partial charge in [0.15, 0.2) is 0 Å². The summed E-state index contributed by atoms with van der Waals surface area (Å²) in [6.07, 6.45) is -0.142. The molecule has 0 saturated carbocycles. The van der Waals surface area contributed by atoms with Crippen molar-refractivity contribution in [3.05, 3.63) is 58.6 Å². The summed E-state index contributed by atoms with van der Waals surface area (Å²) in [6, 6.07) is 11.3. The Morgan fingerprint density at radius 1 is 1.21 bits per heavy atom. The summed E-state index contributed by atoms with van der Waals surface area (Å²) in [7, 11) is 2.10. The Bertz CT molecular complexity index is 1130. The monoisotopic (exact) mass is 414 g/mol. The molecule has 0 atom stereocenters. The second-order valence-electron chi connectivity index (χ2n) is 6.03. The zero-order valence-electron chi connectivity index (χ0n) is 14.8. The number of hydrogen-bond donors (Lipinski definition) is 1. The molecular weight excluding hydrogens is 399 g/mol. The van der Waals surface area contributed by atoms with Gasteiger partial charge in [-0.3, -0.25) is 4.79 Å². The molecule has 3 aromatic rings. The largest absolute Gasteiger partial charge is 0.481 e. The van der Waals surface area contributed by atoms with E-state index in [2.05, 4.69) is 10.2 Å². The van der Waals surface area contributed by atoms with Crippen LogP contribution in [0.4, 0.5) is 0 Å². The summed E-state index contributed by atoms with van der Waals surface area (Å²) < 4.78 is 31.1. The topological polar surface area (TPSA) is 106 Å². The summed E-state index contributed by atoms with van der Waals surface area (Å²) >= 11 is 0.998. The Morgan fingerprint density at radius 2 is 2.00 bits per heavy atom.